The van der Waals surface area contributed by atoms with Crippen LogP contribution in [0.4, 0.5) is 11.4 Å². The van der Waals surface area contributed by atoms with Crippen LogP contribution < -0.4 is 10.6 Å². The number of halogens is 1. The molecule has 10 heteroatoms. The van der Waals surface area contributed by atoms with E-state index in [1.54, 1.807) is 34.9 Å². The van der Waals surface area contributed by atoms with Crippen LogP contribution in [0.5, 0.6) is 0 Å². The number of aromatic nitrogens is 4. The SMILES string of the molecule is COCC(=O)Nc1ccc(NC(=O)c2ccc(-n3cnnc3)nc2)cc1Cl. The summed E-state index contributed by atoms with van der Waals surface area (Å²) in [4.78, 5) is 28.1. The summed E-state index contributed by atoms with van der Waals surface area (Å²) in [6.45, 7) is -0.0764. The van der Waals surface area contributed by atoms with Gasteiger partial charge in [-0.1, -0.05) is 11.6 Å². The number of carbonyl (C=O) groups is 2. The number of hydrogen-bond donors (Lipinski definition) is 2. The van der Waals surface area contributed by atoms with Crippen molar-refractivity contribution in [1.82, 2.24) is 19.7 Å². The first-order valence-electron chi connectivity index (χ1n) is 7.77. The molecule has 3 rings (SSSR count). The van der Waals surface area contributed by atoms with Crippen LogP contribution in [-0.4, -0.2) is 45.3 Å². The molecule has 2 amide bonds. The highest BCUT2D eigenvalue weighted by Crippen LogP contribution is 2.25. The third-order valence-corrected chi connectivity index (χ3v) is 3.78. The molecule has 3 aromatic rings. The second-order valence-electron chi connectivity index (χ2n) is 5.40. The lowest BCUT2D eigenvalue weighted by Gasteiger charge is -2.10. The molecular formula is C17H15ClN6O3. The number of ether oxygens (including phenoxy) is 1. The summed E-state index contributed by atoms with van der Waals surface area (Å²) >= 11 is 6.15. The third kappa shape index (κ3) is 4.66. The van der Waals surface area contributed by atoms with Gasteiger partial charge in [0.05, 0.1) is 16.3 Å². The van der Waals surface area contributed by atoms with E-state index in [9.17, 15) is 9.59 Å². The molecule has 2 heterocycles. The second-order valence-corrected chi connectivity index (χ2v) is 5.81. The van der Waals surface area contributed by atoms with Gasteiger partial charge in [0.15, 0.2) is 0 Å². The maximum absolute atomic E-state index is 12.4. The van der Waals surface area contributed by atoms with E-state index in [2.05, 4.69) is 25.8 Å². The van der Waals surface area contributed by atoms with Gasteiger partial charge in [-0.15, -0.1) is 10.2 Å². The fourth-order valence-electron chi connectivity index (χ4n) is 2.21. The summed E-state index contributed by atoms with van der Waals surface area (Å²) in [5.41, 5.74) is 1.29. The van der Waals surface area contributed by atoms with Crippen molar-refractivity contribution in [3.05, 3.63) is 59.8 Å². The van der Waals surface area contributed by atoms with Gasteiger partial charge in [-0.05, 0) is 30.3 Å². The van der Waals surface area contributed by atoms with Crippen LogP contribution in [0.2, 0.25) is 5.02 Å². The van der Waals surface area contributed by atoms with Crippen LogP contribution in [-0.2, 0) is 9.53 Å². The van der Waals surface area contributed by atoms with E-state index < -0.39 is 0 Å². The number of anilines is 2. The smallest absolute Gasteiger partial charge is 0.257 e. The first-order valence-corrected chi connectivity index (χ1v) is 8.15. The van der Waals surface area contributed by atoms with Gasteiger partial charge in [-0.25, -0.2) is 4.98 Å². The zero-order chi connectivity index (χ0) is 19.2. The molecule has 9 nitrogen and oxygen atoms in total. The van der Waals surface area contributed by atoms with Crippen LogP contribution in [0, 0.1) is 0 Å². The topological polar surface area (TPSA) is 111 Å². The van der Waals surface area contributed by atoms with Crippen LogP contribution >= 0.6 is 11.6 Å². The summed E-state index contributed by atoms with van der Waals surface area (Å²) in [5.74, 6) is -0.0729. The standard InChI is InChI=1S/C17H15ClN6O3/c1-27-8-16(25)23-14-4-3-12(6-13(14)18)22-17(26)11-2-5-15(19-7-11)24-9-20-21-10-24/h2-7,9-10H,8H2,1H3,(H,22,26)(H,23,25). The molecule has 0 aliphatic carbocycles. The number of nitrogens with one attached hydrogen (secondary N) is 2. The normalized spacial score (nSPS) is 10.4. The number of nitrogens with zero attached hydrogens (tertiary/aromatic N) is 4. The van der Waals surface area contributed by atoms with E-state index in [0.717, 1.165) is 0 Å². The van der Waals surface area contributed by atoms with E-state index >= 15 is 0 Å². The van der Waals surface area contributed by atoms with Crippen LogP contribution in [0.15, 0.2) is 49.2 Å². The fraction of sp³-hybridized carbons (Fsp3) is 0.118. The molecule has 2 aromatic heterocycles. The van der Waals surface area contributed by atoms with Gasteiger partial charge in [-0.2, -0.15) is 0 Å². The minimum Gasteiger partial charge on any atom is -0.375 e. The Hall–Kier alpha value is -3.30. The van der Waals surface area contributed by atoms with E-state index in [1.165, 1.54) is 26.0 Å². The van der Waals surface area contributed by atoms with E-state index in [1.807, 2.05) is 0 Å². The second kappa shape index (κ2) is 8.39. The lowest BCUT2D eigenvalue weighted by atomic mass is 10.2. The lowest BCUT2D eigenvalue weighted by molar-refractivity contribution is -0.119. The average Bonchev–Trinajstić information content (AvgIpc) is 3.19. The zero-order valence-corrected chi connectivity index (χ0v) is 15.0. The largest absolute Gasteiger partial charge is 0.375 e. The van der Waals surface area contributed by atoms with Crippen molar-refractivity contribution in [3.8, 4) is 5.82 Å². The molecule has 27 heavy (non-hydrogen) atoms. The highest BCUT2D eigenvalue weighted by atomic mass is 35.5. The summed E-state index contributed by atoms with van der Waals surface area (Å²) in [6.07, 6.45) is 4.47. The number of pyridine rings is 1. The van der Waals surface area contributed by atoms with Gasteiger partial charge < -0.3 is 15.4 Å². The Morgan fingerprint density at radius 2 is 1.93 bits per heavy atom. The number of rotatable bonds is 6. The van der Waals surface area contributed by atoms with Crippen molar-refractivity contribution in [2.45, 2.75) is 0 Å². The number of amides is 2. The van der Waals surface area contributed by atoms with E-state index in [-0.39, 0.29) is 18.4 Å². The summed E-state index contributed by atoms with van der Waals surface area (Å²) < 4.78 is 6.37. The maximum Gasteiger partial charge on any atom is 0.257 e. The van der Waals surface area contributed by atoms with Gasteiger partial charge in [0.1, 0.15) is 25.1 Å². The van der Waals surface area contributed by atoms with Crippen molar-refractivity contribution in [2.24, 2.45) is 0 Å². The zero-order valence-electron chi connectivity index (χ0n) is 14.2. The molecule has 0 unspecified atom stereocenters. The molecule has 0 atom stereocenters. The Balaban J connectivity index is 1.67. The Morgan fingerprint density at radius 3 is 2.56 bits per heavy atom. The van der Waals surface area contributed by atoms with Crippen molar-refractivity contribution in [1.29, 1.82) is 0 Å². The summed E-state index contributed by atoms with van der Waals surface area (Å²) in [5, 5.41) is 13.0. The molecule has 0 spiro atoms. The highest BCUT2D eigenvalue weighted by Gasteiger charge is 2.10. The van der Waals surface area contributed by atoms with Crippen LogP contribution in [0.25, 0.3) is 5.82 Å². The predicted octanol–water partition coefficient (Wildman–Crippen LogP) is 2.15. The number of hydrogen-bond acceptors (Lipinski definition) is 6. The quantitative estimate of drug-likeness (QED) is 0.671. The van der Waals surface area contributed by atoms with Crippen LogP contribution in [0.3, 0.4) is 0 Å². The number of methoxy groups -OCH3 is 1. The fourth-order valence-corrected chi connectivity index (χ4v) is 2.43. The molecule has 0 bridgehead atoms. The monoisotopic (exact) mass is 386 g/mol. The minimum absolute atomic E-state index is 0.0764. The lowest BCUT2D eigenvalue weighted by Crippen LogP contribution is -2.17. The Morgan fingerprint density at radius 1 is 1.15 bits per heavy atom. The van der Waals surface area contributed by atoms with Crippen LogP contribution in [0.1, 0.15) is 10.4 Å². The van der Waals surface area contributed by atoms with Crippen molar-refractivity contribution in [2.75, 3.05) is 24.4 Å². The Bertz CT molecular complexity index is 944. The molecular weight excluding hydrogens is 372 g/mol. The van der Waals surface area contributed by atoms with Gasteiger partial charge in [0.2, 0.25) is 5.91 Å². The third-order valence-electron chi connectivity index (χ3n) is 3.47. The summed E-state index contributed by atoms with van der Waals surface area (Å²) in [6, 6.07) is 8.09. The average molecular weight is 387 g/mol. The summed E-state index contributed by atoms with van der Waals surface area (Å²) in [7, 11) is 1.42. The molecule has 0 aliphatic heterocycles. The van der Waals surface area contributed by atoms with Gasteiger partial charge >= 0.3 is 0 Å². The molecule has 1 aromatic carbocycles. The molecule has 2 N–H and O–H groups in total. The number of benzene rings is 1. The molecule has 0 aliphatic rings. The molecule has 0 radical (unpaired) electrons. The molecule has 0 fully saturated rings. The van der Waals surface area contributed by atoms with Gasteiger partial charge in [0, 0.05) is 19.0 Å². The minimum atomic E-state index is -0.343. The molecule has 0 saturated heterocycles. The van der Waals surface area contributed by atoms with Gasteiger partial charge in [-0.3, -0.25) is 14.2 Å². The van der Waals surface area contributed by atoms with Gasteiger partial charge in [0.25, 0.3) is 5.91 Å². The molecule has 0 saturated carbocycles. The Kier molecular flexibility index (Phi) is 5.74. The van der Waals surface area contributed by atoms with E-state index in [4.69, 9.17) is 16.3 Å². The van der Waals surface area contributed by atoms with Crippen molar-refractivity contribution >= 4 is 34.8 Å². The van der Waals surface area contributed by atoms with Crippen molar-refractivity contribution in [3.63, 3.8) is 0 Å². The predicted molar refractivity (Wildman–Crippen MR) is 99.1 cm³/mol. The maximum atomic E-state index is 12.4. The first kappa shape index (κ1) is 18.5. The number of carbonyl (C=O) groups excluding carboxylic acids is 2. The van der Waals surface area contributed by atoms with Crippen molar-refractivity contribution < 1.29 is 14.3 Å². The van der Waals surface area contributed by atoms with E-state index in [0.29, 0.717) is 27.8 Å². The highest BCUT2D eigenvalue weighted by molar-refractivity contribution is 6.34. The molecule has 138 valence electrons. The first-order chi connectivity index (χ1) is 13.1. The Labute approximate surface area is 159 Å².